The van der Waals surface area contributed by atoms with Gasteiger partial charge in [0.05, 0.1) is 5.56 Å². The van der Waals surface area contributed by atoms with Gasteiger partial charge in [0.1, 0.15) is 10.8 Å². The van der Waals surface area contributed by atoms with Crippen LogP contribution in [0.15, 0.2) is 67.1 Å². The van der Waals surface area contributed by atoms with Crippen LogP contribution in [0.5, 0.6) is 0 Å². The number of nitrogens with one attached hydrogen (secondary N) is 3. The number of anilines is 2. The molecule has 1 aliphatic rings. The average Bonchev–Trinajstić information content (AvgIpc) is 3.58. The van der Waals surface area contributed by atoms with Crippen LogP contribution in [0, 0.1) is 0 Å². The minimum atomic E-state index is -0.530. The highest BCUT2D eigenvalue weighted by molar-refractivity contribution is 7.17. The fourth-order valence-electron chi connectivity index (χ4n) is 5.41. The first-order valence-corrected chi connectivity index (χ1v) is 15.0. The van der Waals surface area contributed by atoms with Gasteiger partial charge >= 0.3 is 6.03 Å². The molecule has 0 aliphatic carbocycles. The zero-order valence-electron chi connectivity index (χ0n) is 22.8. The van der Waals surface area contributed by atoms with E-state index < -0.39 is 11.9 Å². The Labute approximate surface area is 252 Å². The number of aromatic nitrogens is 3. The van der Waals surface area contributed by atoms with E-state index in [1.54, 1.807) is 24.3 Å². The van der Waals surface area contributed by atoms with Crippen LogP contribution < -0.4 is 16.4 Å². The van der Waals surface area contributed by atoms with Crippen molar-refractivity contribution in [3.8, 4) is 0 Å². The van der Waals surface area contributed by atoms with Crippen LogP contribution in [0.4, 0.5) is 15.5 Å². The number of aromatic amines is 1. The topological polar surface area (TPSA) is 129 Å². The molecule has 5 N–H and O–H groups in total. The third-order valence-electron chi connectivity index (χ3n) is 7.42. The van der Waals surface area contributed by atoms with Gasteiger partial charge in [-0.1, -0.05) is 35.9 Å². The number of primary amides is 1. The molecule has 5 aromatic rings. The lowest BCUT2D eigenvalue weighted by Gasteiger charge is -2.26. The van der Waals surface area contributed by atoms with E-state index in [1.165, 1.54) is 16.7 Å². The molecule has 3 aromatic heterocycles. The van der Waals surface area contributed by atoms with Crippen molar-refractivity contribution in [3.63, 3.8) is 0 Å². The van der Waals surface area contributed by atoms with Crippen molar-refractivity contribution in [2.45, 2.75) is 32.2 Å². The van der Waals surface area contributed by atoms with Gasteiger partial charge in [-0.15, -0.1) is 11.3 Å². The van der Waals surface area contributed by atoms with Crippen LogP contribution in [0.2, 0.25) is 5.02 Å². The van der Waals surface area contributed by atoms with E-state index in [4.69, 9.17) is 17.3 Å². The highest BCUT2D eigenvalue weighted by Crippen LogP contribution is 2.37. The maximum Gasteiger partial charge on any atom is 0.324 e. The molecule has 0 atom stereocenters. The summed E-state index contributed by atoms with van der Waals surface area (Å²) in [6.07, 6.45) is 8.99. The van der Waals surface area contributed by atoms with E-state index in [9.17, 15) is 9.59 Å². The Morgan fingerprint density at radius 2 is 1.90 bits per heavy atom. The molecule has 9 nitrogen and oxygen atoms in total. The molecule has 3 amide bonds. The van der Waals surface area contributed by atoms with Crippen molar-refractivity contribution >= 4 is 56.3 Å². The largest absolute Gasteiger partial charge is 0.365 e. The van der Waals surface area contributed by atoms with Crippen molar-refractivity contribution < 1.29 is 9.59 Å². The maximum absolute atomic E-state index is 12.6. The fourth-order valence-corrected chi connectivity index (χ4v) is 6.83. The molecule has 0 unspecified atom stereocenters. The van der Waals surface area contributed by atoms with E-state index >= 15 is 0 Å². The Balaban J connectivity index is 1.04. The predicted octanol–water partition coefficient (Wildman–Crippen LogP) is 6.00. The summed E-state index contributed by atoms with van der Waals surface area (Å²) >= 11 is 7.34. The molecule has 11 heteroatoms. The summed E-state index contributed by atoms with van der Waals surface area (Å²) in [7, 11) is 0. The van der Waals surface area contributed by atoms with Gasteiger partial charge in [0, 0.05) is 64.8 Å². The lowest BCUT2D eigenvalue weighted by Crippen LogP contribution is -2.31. The maximum atomic E-state index is 12.6. The number of hydrogen-bond donors (Lipinski definition) is 4. The van der Waals surface area contributed by atoms with Gasteiger partial charge in [-0.25, -0.2) is 9.78 Å². The van der Waals surface area contributed by atoms with Crippen molar-refractivity contribution in [3.05, 3.63) is 105 Å². The van der Waals surface area contributed by atoms with Gasteiger partial charge in [-0.3, -0.25) is 20.0 Å². The fraction of sp³-hybridized carbons (Fsp3) is 0.226. The minimum Gasteiger partial charge on any atom is -0.365 e. The van der Waals surface area contributed by atoms with Gasteiger partial charge in [0.25, 0.3) is 5.91 Å². The molecular weight excluding hydrogens is 570 g/mol. The quantitative estimate of drug-likeness (QED) is 0.165. The molecule has 1 aliphatic heterocycles. The van der Waals surface area contributed by atoms with E-state index in [0.29, 0.717) is 40.7 Å². The number of thiophene rings is 1. The van der Waals surface area contributed by atoms with E-state index in [0.717, 1.165) is 58.8 Å². The second-order valence-electron chi connectivity index (χ2n) is 10.3. The summed E-state index contributed by atoms with van der Waals surface area (Å²) in [5.41, 5.74) is 9.95. The number of urea groups is 1. The third-order valence-corrected chi connectivity index (χ3v) is 8.81. The molecule has 0 radical (unpaired) electrons. The number of aryl methyl sites for hydroxylation is 1. The van der Waals surface area contributed by atoms with Crippen molar-refractivity contribution in [2.75, 3.05) is 23.7 Å². The molecule has 4 heterocycles. The van der Waals surface area contributed by atoms with Crippen molar-refractivity contribution in [1.29, 1.82) is 0 Å². The molecule has 0 saturated heterocycles. The molecule has 42 heavy (non-hydrogen) atoms. The molecule has 0 saturated carbocycles. The number of carbonyl (C=O) groups excluding carboxylic acids is 2. The molecule has 0 bridgehead atoms. The Hall–Kier alpha value is -4.25. The number of imidazole rings is 1. The normalized spacial score (nSPS) is 13.2. The number of halogens is 1. The summed E-state index contributed by atoms with van der Waals surface area (Å²) in [6.45, 7) is 2.44. The van der Waals surface area contributed by atoms with E-state index in [2.05, 4.69) is 42.6 Å². The summed E-state index contributed by atoms with van der Waals surface area (Å²) < 4.78 is 0. The summed E-state index contributed by atoms with van der Waals surface area (Å²) in [5, 5.41) is 8.97. The molecular formula is C31H30ClN7O2S. The number of nitrogens with zero attached hydrogens (tertiary/aromatic N) is 3. The lowest BCUT2D eigenvalue weighted by molar-refractivity contribution is 0.1000. The minimum absolute atomic E-state index is 0.410. The highest BCUT2D eigenvalue weighted by atomic mass is 35.5. The monoisotopic (exact) mass is 599 g/mol. The predicted molar refractivity (Wildman–Crippen MR) is 167 cm³/mol. The number of benzene rings is 2. The van der Waals surface area contributed by atoms with Crippen LogP contribution in [0.1, 0.15) is 44.3 Å². The van der Waals surface area contributed by atoms with Gasteiger partial charge in [-0.2, -0.15) is 0 Å². The number of pyridine rings is 1. The second kappa shape index (κ2) is 12.3. The summed E-state index contributed by atoms with van der Waals surface area (Å²) in [5.74, 6) is 0.403. The third kappa shape index (κ3) is 6.30. The Kier molecular flexibility index (Phi) is 8.18. The first kappa shape index (κ1) is 27.9. The average molecular weight is 600 g/mol. The van der Waals surface area contributed by atoms with Crippen LogP contribution in [0.3, 0.4) is 0 Å². The van der Waals surface area contributed by atoms with Crippen LogP contribution in [-0.4, -0.2) is 44.9 Å². The second-order valence-corrected chi connectivity index (χ2v) is 11.9. The molecule has 6 rings (SSSR count). The van der Waals surface area contributed by atoms with Gasteiger partial charge < -0.3 is 16.0 Å². The number of hydrogen-bond acceptors (Lipinski definition) is 6. The first-order chi connectivity index (χ1) is 20.4. The van der Waals surface area contributed by atoms with Crippen molar-refractivity contribution in [2.24, 2.45) is 5.73 Å². The Bertz CT molecular complexity index is 1740. The molecule has 2 aromatic carbocycles. The summed E-state index contributed by atoms with van der Waals surface area (Å²) in [6, 6.07) is 14.6. The highest BCUT2D eigenvalue weighted by Gasteiger charge is 2.27. The standard InChI is InChI=1S/C31H30ClN7O2S/c32-21-7-9-22(10-8-21)37-31(41)38-30-28(29(33)40)25-11-13-39(18-26(25)42-30)12-3-5-23-17-35-27(36-23)14-20-16-34-15-19-4-1-2-6-24(19)20/h1-2,4,6-10,15-17H,3,5,11-14,18H2,(H2,33,40)(H,35,36)(H2,37,38,41). The van der Waals surface area contributed by atoms with Gasteiger partial charge in [0.2, 0.25) is 0 Å². The van der Waals surface area contributed by atoms with Crippen LogP contribution >= 0.6 is 22.9 Å². The van der Waals surface area contributed by atoms with Crippen molar-refractivity contribution in [1.82, 2.24) is 19.9 Å². The SMILES string of the molecule is NC(=O)c1c(NC(=O)Nc2ccc(Cl)cc2)sc2c1CCN(CCCc1cnc(Cc3cncc4ccccc34)[nH]1)C2. The molecule has 0 fully saturated rings. The van der Waals surface area contributed by atoms with E-state index in [-0.39, 0.29) is 0 Å². The molecule has 214 valence electrons. The van der Waals surface area contributed by atoms with Gasteiger partial charge in [0.15, 0.2) is 0 Å². The number of carbonyl (C=O) groups is 2. The molecule has 0 spiro atoms. The lowest BCUT2D eigenvalue weighted by atomic mass is 10.0. The van der Waals surface area contributed by atoms with Gasteiger partial charge in [-0.05, 0) is 66.6 Å². The Morgan fingerprint density at radius 1 is 1.07 bits per heavy atom. The number of rotatable bonds is 9. The van der Waals surface area contributed by atoms with Crippen LogP contribution in [-0.2, 0) is 25.8 Å². The number of nitrogens with two attached hydrogens (primary N) is 1. The zero-order chi connectivity index (χ0) is 29.1. The number of amides is 3. The van der Waals surface area contributed by atoms with E-state index in [1.807, 2.05) is 30.7 Å². The van der Waals surface area contributed by atoms with Crippen LogP contribution in [0.25, 0.3) is 10.8 Å². The smallest absolute Gasteiger partial charge is 0.324 e. The number of H-pyrrole nitrogens is 1. The summed E-state index contributed by atoms with van der Waals surface area (Å²) in [4.78, 5) is 40.9. The zero-order valence-corrected chi connectivity index (χ0v) is 24.4. The Morgan fingerprint density at radius 3 is 2.74 bits per heavy atom. The number of fused-ring (bicyclic) bond motifs is 2. The first-order valence-electron chi connectivity index (χ1n) is 13.8.